The van der Waals surface area contributed by atoms with Gasteiger partial charge in [-0.15, -0.1) is 0 Å². The molecule has 4 nitrogen and oxygen atoms in total. The van der Waals surface area contributed by atoms with Gasteiger partial charge in [-0.1, -0.05) is 12.1 Å². The molecule has 2 rings (SSSR count). The number of benzene rings is 1. The highest BCUT2D eigenvalue weighted by Gasteiger charge is 2.32. The average molecular weight is 304 g/mol. The van der Waals surface area contributed by atoms with Crippen molar-refractivity contribution in [3.05, 3.63) is 29.8 Å². The molecule has 122 valence electrons. The Morgan fingerprint density at radius 1 is 1.32 bits per heavy atom. The molecule has 1 heterocycles. The summed E-state index contributed by atoms with van der Waals surface area (Å²) in [4.78, 5) is 14.3. The van der Waals surface area contributed by atoms with Crippen molar-refractivity contribution in [2.24, 2.45) is 5.92 Å². The van der Waals surface area contributed by atoms with Gasteiger partial charge in [0.05, 0.1) is 5.60 Å². The molecule has 1 amide bonds. The predicted octanol–water partition coefficient (Wildman–Crippen LogP) is 2.62. The summed E-state index contributed by atoms with van der Waals surface area (Å²) in [5, 5.41) is 3.07. The molecule has 0 bridgehead atoms. The normalized spacial score (nSPS) is 20.5. The van der Waals surface area contributed by atoms with Crippen molar-refractivity contribution < 1.29 is 9.53 Å². The lowest BCUT2D eigenvalue weighted by molar-refractivity contribution is -0.135. The molecule has 0 unspecified atom stereocenters. The Morgan fingerprint density at radius 2 is 2.00 bits per heavy atom. The molecule has 1 aliphatic rings. The van der Waals surface area contributed by atoms with Crippen molar-refractivity contribution in [3.8, 4) is 0 Å². The van der Waals surface area contributed by atoms with Crippen molar-refractivity contribution in [1.29, 1.82) is 0 Å². The molecule has 22 heavy (non-hydrogen) atoms. The van der Waals surface area contributed by atoms with Gasteiger partial charge in [0, 0.05) is 38.9 Å². The lowest BCUT2D eigenvalue weighted by atomic mass is 9.88. The number of rotatable bonds is 5. The standard InChI is InChI=1S/C18H28N2O2/c1-18(2)13-15(10-12-22-18)17(21)19-11-9-14-5-7-16(8-6-14)20(3)4/h5-8,15H,9-13H2,1-4H3,(H,19,21)/t15-/m1/s1. The van der Waals surface area contributed by atoms with E-state index in [1.165, 1.54) is 11.3 Å². The van der Waals surface area contributed by atoms with Crippen LogP contribution >= 0.6 is 0 Å². The van der Waals surface area contributed by atoms with Crippen LogP contribution in [0.25, 0.3) is 0 Å². The van der Waals surface area contributed by atoms with Crippen LogP contribution in [0, 0.1) is 5.92 Å². The molecular weight excluding hydrogens is 276 g/mol. The minimum Gasteiger partial charge on any atom is -0.378 e. The summed E-state index contributed by atoms with van der Waals surface area (Å²) < 4.78 is 5.67. The summed E-state index contributed by atoms with van der Waals surface area (Å²) in [5.41, 5.74) is 2.26. The lowest BCUT2D eigenvalue weighted by Gasteiger charge is -2.34. The Labute approximate surface area is 133 Å². The molecular formula is C18H28N2O2. The van der Waals surface area contributed by atoms with Crippen LogP contribution in [0.2, 0.25) is 0 Å². The summed E-state index contributed by atoms with van der Waals surface area (Å²) in [6.45, 7) is 5.48. The lowest BCUT2D eigenvalue weighted by Crippen LogP contribution is -2.41. The van der Waals surface area contributed by atoms with Crippen molar-refractivity contribution in [2.45, 2.75) is 38.7 Å². The largest absolute Gasteiger partial charge is 0.378 e. The highest BCUT2D eigenvalue weighted by atomic mass is 16.5. The second-order valence-corrected chi connectivity index (χ2v) is 6.90. The molecule has 0 aliphatic carbocycles. The quantitative estimate of drug-likeness (QED) is 0.909. The SMILES string of the molecule is CN(C)c1ccc(CCNC(=O)[C@@H]2CCOC(C)(C)C2)cc1. The van der Waals surface area contributed by atoms with E-state index in [0.29, 0.717) is 13.2 Å². The van der Waals surface area contributed by atoms with Crippen LogP contribution in [0.3, 0.4) is 0 Å². The van der Waals surface area contributed by atoms with Gasteiger partial charge < -0.3 is 15.0 Å². The maximum Gasteiger partial charge on any atom is 0.223 e. The molecule has 1 saturated heterocycles. The van der Waals surface area contributed by atoms with Crippen LogP contribution in [0.5, 0.6) is 0 Å². The van der Waals surface area contributed by atoms with Gasteiger partial charge in [-0.25, -0.2) is 0 Å². The van der Waals surface area contributed by atoms with Gasteiger partial charge in [0.1, 0.15) is 0 Å². The molecule has 0 radical (unpaired) electrons. The van der Waals surface area contributed by atoms with E-state index in [4.69, 9.17) is 4.74 Å². The number of carbonyl (C=O) groups is 1. The minimum atomic E-state index is -0.178. The molecule has 1 fully saturated rings. The zero-order valence-corrected chi connectivity index (χ0v) is 14.2. The van der Waals surface area contributed by atoms with E-state index in [1.54, 1.807) is 0 Å². The van der Waals surface area contributed by atoms with Crippen LogP contribution in [-0.2, 0) is 16.0 Å². The molecule has 1 atom stereocenters. The first-order chi connectivity index (χ1) is 10.4. The number of amides is 1. The number of ether oxygens (including phenoxy) is 1. The Bertz CT molecular complexity index is 494. The van der Waals surface area contributed by atoms with Gasteiger partial charge >= 0.3 is 0 Å². The maximum absolute atomic E-state index is 12.2. The number of nitrogens with one attached hydrogen (secondary N) is 1. The summed E-state index contributed by atoms with van der Waals surface area (Å²) in [6.07, 6.45) is 2.50. The number of hydrogen-bond acceptors (Lipinski definition) is 3. The van der Waals surface area contributed by atoms with E-state index in [1.807, 2.05) is 14.1 Å². The van der Waals surface area contributed by atoms with Crippen molar-refractivity contribution >= 4 is 11.6 Å². The fourth-order valence-electron chi connectivity index (χ4n) is 2.89. The Balaban J connectivity index is 1.77. The van der Waals surface area contributed by atoms with Crippen molar-refractivity contribution in [1.82, 2.24) is 5.32 Å². The smallest absolute Gasteiger partial charge is 0.223 e. The summed E-state index contributed by atoms with van der Waals surface area (Å²) in [5.74, 6) is 0.251. The van der Waals surface area contributed by atoms with Gasteiger partial charge in [0.15, 0.2) is 0 Å². The van der Waals surface area contributed by atoms with E-state index in [9.17, 15) is 4.79 Å². The van der Waals surface area contributed by atoms with E-state index < -0.39 is 0 Å². The first-order valence-corrected chi connectivity index (χ1v) is 8.05. The van der Waals surface area contributed by atoms with Gasteiger partial charge in [0.25, 0.3) is 0 Å². The van der Waals surface area contributed by atoms with Crippen LogP contribution in [0.1, 0.15) is 32.3 Å². The first-order valence-electron chi connectivity index (χ1n) is 8.05. The fourth-order valence-corrected chi connectivity index (χ4v) is 2.89. The second-order valence-electron chi connectivity index (χ2n) is 6.90. The summed E-state index contributed by atoms with van der Waals surface area (Å²) >= 11 is 0. The first kappa shape index (κ1) is 16.8. The number of carbonyl (C=O) groups excluding carboxylic acids is 1. The third-order valence-electron chi connectivity index (χ3n) is 4.23. The molecule has 0 saturated carbocycles. The number of nitrogens with zero attached hydrogens (tertiary/aromatic N) is 1. The van der Waals surface area contributed by atoms with Crippen LogP contribution < -0.4 is 10.2 Å². The van der Waals surface area contributed by atoms with Crippen molar-refractivity contribution in [2.75, 3.05) is 32.1 Å². The molecule has 1 N–H and O–H groups in total. The van der Waals surface area contributed by atoms with Gasteiger partial charge in [-0.3, -0.25) is 4.79 Å². The van der Waals surface area contributed by atoms with Gasteiger partial charge in [0.2, 0.25) is 5.91 Å². The van der Waals surface area contributed by atoms with E-state index in [2.05, 4.69) is 48.3 Å². The fraction of sp³-hybridized carbons (Fsp3) is 0.611. The molecule has 1 aromatic rings. The van der Waals surface area contributed by atoms with Crippen LogP contribution in [0.4, 0.5) is 5.69 Å². The van der Waals surface area contributed by atoms with Crippen LogP contribution in [0.15, 0.2) is 24.3 Å². The highest BCUT2D eigenvalue weighted by Crippen LogP contribution is 2.28. The average Bonchev–Trinajstić information content (AvgIpc) is 2.46. The summed E-state index contributed by atoms with van der Waals surface area (Å²) in [7, 11) is 4.06. The van der Waals surface area contributed by atoms with Gasteiger partial charge in [-0.05, 0) is 50.8 Å². The molecule has 0 spiro atoms. The van der Waals surface area contributed by atoms with Crippen molar-refractivity contribution in [3.63, 3.8) is 0 Å². The van der Waals surface area contributed by atoms with E-state index in [-0.39, 0.29) is 17.4 Å². The number of anilines is 1. The molecule has 1 aliphatic heterocycles. The molecule has 4 heteroatoms. The zero-order chi connectivity index (χ0) is 16.2. The third-order valence-corrected chi connectivity index (χ3v) is 4.23. The minimum absolute atomic E-state index is 0.0832. The maximum atomic E-state index is 12.2. The third kappa shape index (κ3) is 4.73. The number of hydrogen-bond donors (Lipinski definition) is 1. The summed E-state index contributed by atoms with van der Waals surface area (Å²) in [6, 6.07) is 8.47. The topological polar surface area (TPSA) is 41.6 Å². The Morgan fingerprint density at radius 3 is 2.59 bits per heavy atom. The monoisotopic (exact) mass is 304 g/mol. The zero-order valence-electron chi connectivity index (χ0n) is 14.2. The van der Waals surface area contributed by atoms with Gasteiger partial charge in [-0.2, -0.15) is 0 Å². The second kappa shape index (κ2) is 7.14. The molecule has 1 aromatic carbocycles. The van der Waals surface area contributed by atoms with E-state index >= 15 is 0 Å². The highest BCUT2D eigenvalue weighted by molar-refractivity contribution is 5.78. The predicted molar refractivity (Wildman–Crippen MR) is 90.2 cm³/mol. The van der Waals surface area contributed by atoms with E-state index in [0.717, 1.165) is 19.3 Å². The molecule has 0 aromatic heterocycles. The Hall–Kier alpha value is -1.55. The Kier molecular flexibility index (Phi) is 5.46. The van der Waals surface area contributed by atoms with Crippen LogP contribution in [-0.4, -0.2) is 38.8 Å².